The van der Waals surface area contributed by atoms with Crippen LogP contribution >= 0.6 is 11.8 Å². The predicted molar refractivity (Wildman–Crippen MR) is 112 cm³/mol. The van der Waals surface area contributed by atoms with E-state index in [2.05, 4.69) is 81.8 Å². The Morgan fingerprint density at radius 3 is 2.62 bits per heavy atom. The van der Waals surface area contributed by atoms with Crippen LogP contribution in [0.4, 0.5) is 5.95 Å². The van der Waals surface area contributed by atoms with Crippen molar-refractivity contribution in [3.63, 3.8) is 0 Å². The highest BCUT2D eigenvalue weighted by Gasteiger charge is 2.24. The Morgan fingerprint density at radius 2 is 1.93 bits per heavy atom. The molecule has 29 heavy (non-hydrogen) atoms. The standard InChI is InChI=1S/C20H26N6O2S/c1-14-6-5-7-15(12-14)26-18(25-8-10-27-11-9-25)22-23-19(26)29-13-16-21-17(28-24-16)20(2,3)4/h5-7,12H,8-11,13H2,1-4H3. The number of hydrogen-bond acceptors (Lipinski definition) is 8. The van der Waals surface area contributed by atoms with Gasteiger partial charge in [0.1, 0.15) is 0 Å². The molecular formula is C20H26N6O2S. The highest BCUT2D eigenvalue weighted by Crippen LogP contribution is 2.29. The van der Waals surface area contributed by atoms with Crippen LogP contribution in [-0.4, -0.2) is 51.2 Å². The molecule has 4 rings (SSSR count). The minimum atomic E-state index is -0.166. The minimum Gasteiger partial charge on any atom is -0.378 e. The summed E-state index contributed by atoms with van der Waals surface area (Å²) in [5.74, 6) is 2.70. The van der Waals surface area contributed by atoms with Crippen LogP contribution in [0.2, 0.25) is 0 Å². The van der Waals surface area contributed by atoms with E-state index in [1.165, 1.54) is 5.56 Å². The van der Waals surface area contributed by atoms with Crippen molar-refractivity contribution in [2.45, 2.75) is 44.0 Å². The van der Waals surface area contributed by atoms with Crippen molar-refractivity contribution in [2.24, 2.45) is 0 Å². The van der Waals surface area contributed by atoms with Crippen molar-refractivity contribution < 1.29 is 9.26 Å². The fourth-order valence-electron chi connectivity index (χ4n) is 3.06. The van der Waals surface area contributed by atoms with Crippen molar-refractivity contribution in [1.82, 2.24) is 24.9 Å². The van der Waals surface area contributed by atoms with Gasteiger partial charge in [0.2, 0.25) is 11.8 Å². The second-order valence-electron chi connectivity index (χ2n) is 8.11. The Kier molecular flexibility index (Phi) is 5.60. The number of hydrogen-bond donors (Lipinski definition) is 0. The number of rotatable bonds is 5. The Bertz CT molecular complexity index is 972. The van der Waals surface area contributed by atoms with E-state index >= 15 is 0 Å². The van der Waals surface area contributed by atoms with Gasteiger partial charge in [-0.2, -0.15) is 4.98 Å². The third-order valence-corrected chi connectivity index (χ3v) is 5.54. The number of aryl methyl sites for hydroxylation is 1. The molecule has 154 valence electrons. The Labute approximate surface area is 174 Å². The van der Waals surface area contributed by atoms with E-state index in [1.807, 2.05) is 0 Å². The minimum absolute atomic E-state index is 0.166. The van der Waals surface area contributed by atoms with Crippen LogP contribution < -0.4 is 4.90 Å². The first kappa shape index (κ1) is 19.9. The third kappa shape index (κ3) is 4.45. The molecule has 0 aliphatic carbocycles. The van der Waals surface area contributed by atoms with Crippen molar-refractivity contribution >= 4 is 17.7 Å². The largest absolute Gasteiger partial charge is 0.378 e. The first-order valence-corrected chi connectivity index (χ1v) is 10.7. The first-order chi connectivity index (χ1) is 13.9. The molecule has 1 aliphatic rings. The molecule has 0 amide bonds. The first-order valence-electron chi connectivity index (χ1n) is 9.73. The van der Waals surface area contributed by atoms with Crippen LogP contribution in [0.5, 0.6) is 0 Å². The zero-order valence-corrected chi connectivity index (χ0v) is 18.1. The van der Waals surface area contributed by atoms with Crippen LogP contribution in [0, 0.1) is 6.92 Å². The highest BCUT2D eigenvalue weighted by molar-refractivity contribution is 7.98. The summed E-state index contributed by atoms with van der Waals surface area (Å²) >= 11 is 1.56. The lowest BCUT2D eigenvalue weighted by molar-refractivity contribution is 0.122. The van der Waals surface area contributed by atoms with Crippen molar-refractivity contribution in [1.29, 1.82) is 0 Å². The Balaban J connectivity index is 1.62. The number of benzene rings is 1. The Morgan fingerprint density at radius 1 is 1.14 bits per heavy atom. The maximum Gasteiger partial charge on any atom is 0.232 e. The molecule has 0 spiro atoms. The van der Waals surface area contributed by atoms with Crippen LogP contribution in [0.15, 0.2) is 33.9 Å². The second kappa shape index (κ2) is 8.16. The summed E-state index contributed by atoms with van der Waals surface area (Å²) in [6.07, 6.45) is 0. The molecule has 0 atom stereocenters. The molecule has 1 fully saturated rings. The van der Waals surface area contributed by atoms with E-state index in [1.54, 1.807) is 11.8 Å². The second-order valence-corrected chi connectivity index (χ2v) is 9.05. The summed E-state index contributed by atoms with van der Waals surface area (Å²) in [5, 5.41) is 13.9. The molecule has 3 aromatic rings. The number of thioether (sulfide) groups is 1. The van der Waals surface area contributed by atoms with Gasteiger partial charge in [0, 0.05) is 18.5 Å². The lowest BCUT2D eigenvalue weighted by Crippen LogP contribution is -2.37. The molecule has 0 unspecified atom stereocenters. The van der Waals surface area contributed by atoms with E-state index in [9.17, 15) is 0 Å². The number of morpholine rings is 1. The summed E-state index contributed by atoms with van der Waals surface area (Å²) in [5.41, 5.74) is 2.07. The molecule has 0 saturated carbocycles. The van der Waals surface area contributed by atoms with Crippen molar-refractivity contribution in [3.8, 4) is 5.69 Å². The fourth-order valence-corrected chi connectivity index (χ4v) is 3.85. The van der Waals surface area contributed by atoms with Gasteiger partial charge in [-0.25, -0.2) is 0 Å². The van der Waals surface area contributed by atoms with Gasteiger partial charge in [0.25, 0.3) is 0 Å². The quantitative estimate of drug-likeness (QED) is 0.588. The summed E-state index contributed by atoms with van der Waals surface area (Å²) in [6, 6.07) is 8.36. The molecule has 0 N–H and O–H groups in total. The van der Waals surface area contributed by atoms with E-state index in [0.717, 1.165) is 29.9 Å². The van der Waals surface area contributed by atoms with Gasteiger partial charge < -0.3 is 14.2 Å². The average molecular weight is 415 g/mol. The third-order valence-electron chi connectivity index (χ3n) is 4.61. The maximum atomic E-state index is 5.50. The Hall–Kier alpha value is -2.39. The molecule has 1 saturated heterocycles. The lowest BCUT2D eigenvalue weighted by atomic mass is 9.97. The summed E-state index contributed by atoms with van der Waals surface area (Å²) < 4.78 is 13.0. The van der Waals surface area contributed by atoms with Gasteiger partial charge in [0.05, 0.1) is 24.7 Å². The van der Waals surface area contributed by atoms with Gasteiger partial charge in [0.15, 0.2) is 11.0 Å². The molecule has 0 bridgehead atoms. The van der Waals surface area contributed by atoms with Crippen LogP contribution in [-0.2, 0) is 15.9 Å². The maximum absolute atomic E-state index is 5.50. The number of nitrogens with zero attached hydrogens (tertiary/aromatic N) is 6. The average Bonchev–Trinajstić information content (AvgIpc) is 3.34. The molecule has 3 heterocycles. The van der Waals surface area contributed by atoms with Gasteiger partial charge in [-0.3, -0.25) is 4.57 Å². The van der Waals surface area contributed by atoms with E-state index in [-0.39, 0.29) is 5.41 Å². The summed E-state index contributed by atoms with van der Waals surface area (Å²) in [7, 11) is 0. The molecular weight excluding hydrogens is 388 g/mol. The van der Waals surface area contributed by atoms with Gasteiger partial charge >= 0.3 is 0 Å². The monoisotopic (exact) mass is 414 g/mol. The van der Waals surface area contributed by atoms with Crippen molar-refractivity contribution in [2.75, 3.05) is 31.2 Å². The molecule has 0 radical (unpaired) electrons. The van der Waals surface area contributed by atoms with Crippen molar-refractivity contribution in [3.05, 3.63) is 41.5 Å². The zero-order valence-electron chi connectivity index (χ0n) is 17.3. The molecule has 1 aliphatic heterocycles. The van der Waals surface area contributed by atoms with Crippen LogP contribution in [0.1, 0.15) is 38.0 Å². The highest BCUT2D eigenvalue weighted by atomic mass is 32.2. The molecule has 2 aromatic heterocycles. The van der Waals surface area contributed by atoms with Crippen LogP contribution in [0.25, 0.3) is 5.69 Å². The van der Waals surface area contributed by atoms with Crippen LogP contribution in [0.3, 0.4) is 0 Å². The van der Waals surface area contributed by atoms with Gasteiger partial charge in [-0.15, -0.1) is 10.2 Å². The molecule has 8 nitrogen and oxygen atoms in total. The summed E-state index contributed by atoms with van der Waals surface area (Å²) in [4.78, 5) is 6.74. The zero-order chi connectivity index (χ0) is 20.4. The predicted octanol–water partition coefficient (Wildman–Crippen LogP) is 3.39. The molecule has 9 heteroatoms. The lowest BCUT2D eigenvalue weighted by Gasteiger charge is -2.28. The van der Waals surface area contributed by atoms with E-state index in [0.29, 0.717) is 30.7 Å². The molecule has 1 aromatic carbocycles. The SMILES string of the molecule is Cc1cccc(-n2c(SCc3noc(C(C)(C)C)n3)nnc2N2CCOCC2)c1. The van der Waals surface area contributed by atoms with Gasteiger partial charge in [-0.05, 0) is 24.6 Å². The van der Waals surface area contributed by atoms with Gasteiger partial charge in [-0.1, -0.05) is 49.8 Å². The number of aromatic nitrogens is 5. The number of ether oxygens (including phenoxy) is 1. The summed E-state index contributed by atoms with van der Waals surface area (Å²) in [6.45, 7) is 11.2. The normalized spacial score (nSPS) is 15.1. The smallest absolute Gasteiger partial charge is 0.232 e. The van der Waals surface area contributed by atoms with E-state index < -0.39 is 0 Å². The number of anilines is 1. The topological polar surface area (TPSA) is 82.1 Å². The van der Waals surface area contributed by atoms with E-state index in [4.69, 9.17) is 9.26 Å². The fraction of sp³-hybridized carbons (Fsp3) is 0.500.